The van der Waals surface area contributed by atoms with Gasteiger partial charge >= 0.3 is 0 Å². The Bertz CT molecular complexity index is 311. The predicted octanol–water partition coefficient (Wildman–Crippen LogP) is 2.37. The number of hydrogen-bond donors (Lipinski definition) is 0. The molecule has 0 aliphatic carbocycles. The molecule has 2 unspecified atom stereocenters. The van der Waals surface area contributed by atoms with E-state index in [2.05, 4.69) is 18.5 Å². The van der Waals surface area contributed by atoms with Crippen LogP contribution in [0.3, 0.4) is 0 Å². The summed E-state index contributed by atoms with van der Waals surface area (Å²) >= 11 is 0. The van der Waals surface area contributed by atoms with E-state index in [-0.39, 0.29) is 22.4 Å². The van der Waals surface area contributed by atoms with Gasteiger partial charge in [-0.25, -0.2) is 0 Å². The van der Waals surface area contributed by atoms with Crippen molar-refractivity contribution < 1.29 is 22.4 Å². The second-order valence-electron chi connectivity index (χ2n) is 2.82. The van der Waals surface area contributed by atoms with Gasteiger partial charge in [0.05, 0.1) is 0 Å². The van der Waals surface area contributed by atoms with Crippen LogP contribution in [0, 0.1) is 0 Å². The van der Waals surface area contributed by atoms with Crippen LogP contribution in [0.5, 0.6) is 0 Å². The van der Waals surface area contributed by atoms with Gasteiger partial charge in [0.1, 0.15) is 0 Å². The molecule has 0 aliphatic rings. The molecule has 3 heteroatoms. The first-order valence-corrected chi connectivity index (χ1v) is 5.55. The second-order valence-corrected chi connectivity index (χ2v) is 4.15. The number of benzene rings is 2. The summed E-state index contributed by atoms with van der Waals surface area (Å²) in [5, 5.41) is 2.48. The van der Waals surface area contributed by atoms with E-state index in [0.29, 0.717) is 0 Å². The summed E-state index contributed by atoms with van der Waals surface area (Å²) < 4.78 is 0. The zero-order valence-electron chi connectivity index (χ0n) is 8.23. The summed E-state index contributed by atoms with van der Waals surface area (Å²) in [4.78, 5) is 0. The van der Waals surface area contributed by atoms with Gasteiger partial charge in [-0.05, 0) is 10.6 Å². The Balaban J connectivity index is 0.000000245. The van der Waals surface area contributed by atoms with E-state index in [9.17, 15) is 0 Å². The summed E-state index contributed by atoms with van der Waals surface area (Å²) in [5.41, 5.74) is 0. The van der Waals surface area contributed by atoms with E-state index >= 15 is 0 Å². The summed E-state index contributed by atoms with van der Waals surface area (Å²) in [6.45, 7) is 0. The minimum absolute atomic E-state index is 0. The standard InChI is InChI=1S/2C6H7P.Au/c2*7-6-4-2-1-3-5-6;/h2*1-5H,7H2;. The van der Waals surface area contributed by atoms with Gasteiger partial charge in [-0.15, -0.1) is 18.5 Å². The molecule has 0 saturated carbocycles. The maximum Gasteiger partial charge on any atom is 0 e. The fraction of sp³-hybridized carbons (Fsp3) is 0. The molecule has 0 spiro atoms. The smallest absolute Gasteiger partial charge is 0 e. The van der Waals surface area contributed by atoms with Gasteiger partial charge in [0.2, 0.25) is 0 Å². The largest absolute Gasteiger partial charge is 0.106 e. The monoisotopic (exact) mass is 417 g/mol. The average Bonchev–Trinajstić information content (AvgIpc) is 2.21. The van der Waals surface area contributed by atoms with Gasteiger partial charge < -0.3 is 0 Å². The van der Waals surface area contributed by atoms with E-state index in [1.54, 1.807) is 0 Å². The van der Waals surface area contributed by atoms with Gasteiger partial charge in [0, 0.05) is 22.4 Å². The van der Waals surface area contributed by atoms with Crippen molar-refractivity contribution in [2.45, 2.75) is 0 Å². The first kappa shape index (κ1) is 15.0. The van der Waals surface area contributed by atoms with Crippen LogP contribution in [0.1, 0.15) is 0 Å². The molecule has 0 nitrogen and oxygen atoms in total. The molecule has 0 aliphatic heterocycles. The molecule has 15 heavy (non-hydrogen) atoms. The van der Waals surface area contributed by atoms with Crippen LogP contribution >= 0.6 is 18.5 Å². The van der Waals surface area contributed by atoms with Crippen LogP contribution in [-0.2, 0) is 22.4 Å². The fourth-order valence-corrected chi connectivity index (χ4v) is 1.35. The van der Waals surface area contributed by atoms with Gasteiger partial charge in [0.25, 0.3) is 0 Å². The van der Waals surface area contributed by atoms with E-state index in [1.807, 2.05) is 60.7 Å². The van der Waals surface area contributed by atoms with E-state index in [4.69, 9.17) is 0 Å². The predicted molar refractivity (Wildman–Crippen MR) is 71.6 cm³/mol. The first-order valence-electron chi connectivity index (χ1n) is 4.40. The maximum atomic E-state index is 2.63. The van der Waals surface area contributed by atoms with Crippen molar-refractivity contribution in [1.29, 1.82) is 0 Å². The van der Waals surface area contributed by atoms with Crippen LogP contribution in [0.15, 0.2) is 60.7 Å². The third kappa shape index (κ3) is 7.91. The zero-order valence-corrected chi connectivity index (χ0v) is 12.7. The van der Waals surface area contributed by atoms with Crippen molar-refractivity contribution >= 4 is 29.1 Å². The Labute approximate surface area is 112 Å². The van der Waals surface area contributed by atoms with E-state index in [0.717, 1.165) is 0 Å². The van der Waals surface area contributed by atoms with E-state index in [1.165, 1.54) is 10.6 Å². The summed E-state index contributed by atoms with van der Waals surface area (Å²) in [6, 6.07) is 20.3. The molecule has 0 amide bonds. The number of rotatable bonds is 0. The van der Waals surface area contributed by atoms with Crippen LogP contribution in [0.2, 0.25) is 0 Å². The van der Waals surface area contributed by atoms with Crippen molar-refractivity contribution in [3.05, 3.63) is 60.7 Å². The summed E-state index contributed by atoms with van der Waals surface area (Å²) in [6.07, 6.45) is 0. The Morgan fingerprint density at radius 3 is 0.933 bits per heavy atom. The molecule has 0 bridgehead atoms. The van der Waals surface area contributed by atoms with Crippen molar-refractivity contribution in [3.8, 4) is 0 Å². The fourth-order valence-electron chi connectivity index (χ4n) is 0.906. The van der Waals surface area contributed by atoms with Gasteiger partial charge in [0.15, 0.2) is 0 Å². The normalized spacial score (nSPS) is 8.13. The zero-order chi connectivity index (χ0) is 10.2. The molecule has 0 aromatic heterocycles. The third-order valence-electron chi connectivity index (χ3n) is 1.60. The minimum Gasteiger partial charge on any atom is -0.106 e. The molecule has 1 radical (unpaired) electrons. The number of hydrogen-bond acceptors (Lipinski definition) is 0. The molecule has 0 N–H and O–H groups in total. The molecule has 83 valence electrons. The van der Waals surface area contributed by atoms with Crippen LogP contribution < -0.4 is 10.6 Å². The molecule has 2 aromatic rings. The minimum atomic E-state index is 0. The average molecular weight is 417 g/mol. The van der Waals surface area contributed by atoms with Crippen molar-refractivity contribution in [2.75, 3.05) is 0 Å². The molecule has 0 fully saturated rings. The molecule has 0 heterocycles. The second kappa shape index (κ2) is 9.28. The van der Waals surface area contributed by atoms with Crippen LogP contribution in [0.25, 0.3) is 0 Å². The molecule has 2 aromatic carbocycles. The summed E-state index contributed by atoms with van der Waals surface area (Å²) in [5.74, 6) is 0. The van der Waals surface area contributed by atoms with Crippen LogP contribution in [-0.4, -0.2) is 0 Å². The Kier molecular flexibility index (Phi) is 9.30. The van der Waals surface area contributed by atoms with Crippen LogP contribution in [0.4, 0.5) is 0 Å². The van der Waals surface area contributed by atoms with Crippen molar-refractivity contribution in [1.82, 2.24) is 0 Å². The molecular formula is C12H14AuP2. The Hall–Kier alpha value is 0.0403. The molecule has 2 atom stereocenters. The quantitative estimate of drug-likeness (QED) is 0.457. The maximum absolute atomic E-state index is 2.63. The van der Waals surface area contributed by atoms with Crippen molar-refractivity contribution in [2.24, 2.45) is 0 Å². The summed E-state index contributed by atoms with van der Waals surface area (Å²) in [7, 11) is 5.26. The SMILES string of the molecule is Pc1ccccc1.Pc1ccccc1.[Au]. The van der Waals surface area contributed by atoms with E-state index < -0.39 is 0 Å². The Morgan fingerprint density at radius 1 is 0.533 bits per heavy atom. The molecule has 0 saturated heterocycles. The van der Waals surface area contributed by atoms with Gasteiger partial charge in [-0.3, -0.25) is 0 Å². The van der Waals surface area contributed by atoms with Gasteiger partial charge in [-0.2, -0.15) is 0 Å². The Morgan fingerprint density at radius 2 is 0.800 bits per heavy atom. The van der Waals surface area contributed by atoms with Gasteiger partial charge in [-0.1, -0.05) is 60.7 Å². The molecule has 2 rings (SSSR count). The third-order valence-corrected chi connectivity index (χ3v) is 2.37. The molecular weight excluding hydrogens is 403 g/mol. The topological polar surface area (TPSA) is 0 Å². The first-order chi connectivity index (χ1) is 6.79. The van der Waals surface area contributed by atoms with Crippen molar-refractivity contribution in [3.63, 3.8) is 0 Å².